The molecule has 0 unspecified atom stereocenters. The molecule has 0 saturated carbocycles. The van der Waals surface area contributed by atoms with E-state index in [1.165, 1.54) is 11.1 Å². The molecule has 2 atom stereocenters. The topological polar surface area (TPSA) is 40.5 Å². The number of anilines is 1. The molecule has 126 valence electrons. The van der Waals surface area contributed by atoms with Crippen LogP contribution in [0.25, 0.3) is 0 Å². The Balaban J connectivity index is 1.93. The second-order valence-electron chi connectivity index (χ2n) is 6.78. The van der Waals surface area contributed by atoms with Gasteiger partial charge >= 0.3 is 0 Å². The predicted octanol–water partition coefficient (Wildman–Crippen LogP) is 3.98. The summed E-state index contributed by atoms with van der Waals surface area (Å²) >= 11 is 0. The number of nitrogens with zero attached hydrogens (tertiary/aromatic N) is 1. The molecule has 3 heteroatoms. The van der Waals surface area contributed by atoms with E-state index in [1.54, 1.807) is 0 Å². The Bertz CT molecular complexity index is 709. The number of amides is 1. The minimum atomic E-state index is -0.304. The SMILES string of the molecule is C[C@@H](O)CCc1ccc2c(c1)N(C(=O)c1ccccc1)[C@@H](C)CC2. The highest BCUT2D eigenvalue weighted by Crippen LogP contribution is 2.33. The van der Waals surface area contributed by atoms with Crippen LogP contribution < -0.4 is 4.90 Å². The van der Waals surface area contributed by atoms with E-state index in [0.717, 1.165) is 36.9 Å². The predicted molar refractivity (Wildman–Crippen MR) is 97.5 cm³/mol. The number of fused-ring (bicyclic) bond motifs is 1. The monoisotopic (exact) mass is 323 g/mol. The molecule has 0 aromatic heterocycles. The molecule has 0 aliphatic carbocycles. The first-order chi connectivity index (χ1) is 11.6. The van der Waals surface area contributed by atoms with E-state index >= 15 is 0 Å². The number of hydrogen-bond acceptors (Lipinski definition) is 2. The number of carbonyl (C=O) groups is 1. The number of aliphatic hydroxyl groups excluding tert-OH is 1. The molecule has 0 spiro atoms. The number of rotatable bonds is 4. The maximum absolute atomic E-state index is 13.0. The standard InChI is InChI=1S/C21H25NO2/c1-15-8-12-18-13-11-17(10-9-16(2)23)14-20(18)22(15)21(24)19-6-4-3-5-7-19/h3-7,11,13-16,23H,8-10,12H2,1-2H3/t15-,16+/m0/s1. The molecule has 0 fully saturated rings. The van der Waals surface area contributed by atoms with E-state index < -0.39 is 0 Å². The van der Waals surface area contributed by atoms with Gasteiger partial charge in [0.2, 0.25) is 0 Å². The third-order valence-electron chi connectivity index (χ3n) is 4.77. The zero-order valence-electron chi connectivity index (χ0n) is 14.4. The van der Waals surface area contributed by atoms with E-state index in [4.69, 9.17) is 0 Å². The van der Waals surface area contributed by atoms with E-state index in [9.17, 15) is 9.90 Å². The van der Waals surface area contributed by atoms with Crippen molar-refractivity contribution in [2.24, 2.45) is 0 Å². The first kappa shape index (κ1) is 16.7. The number of aryl methyl sites for hydroxylation is 2. The molecule has 3 nitrogen and oxygen atoms in total. The van der Waals surface area contributed by atoms with Crippen molar-refractivity contribution in [3.05, 3.63) is 65.2 Å². The highest BCUT2D eigenvalue weighted by Gasteiger charge is 2.29. The molecule has 2 aromatic carbocycles. The van der Waals surface area contributed by atoms with Crippen LogP contribution in [0.3, 0.4) is 0 Å². The van der Waals surface area contributed by atoms with Gasteiger partial charge in [0.25, 0.3) is 5.91 Å². The third-order valence-corrected chi connectivity index (χ3v) is 4.77. The van der Waals surface area contributed by atoms with E-state index in [-0.39, 0.29) is 18.1 Å². The minimum absolute atomic E-state index is 0.0664. The van der Waals surface area contributed by atoms with Gasteiger partial charge in [-0.1, -0.05) is 30.3 Å². The first-order valence-electron chi connectivity index (χ1n) is 8.74. The second-order valence-corrected chi connectivity index (χ2v) is 6.78. The molecule has 1 heterocycles. The average molecular weight is 323 g/mol. The molecule has 1 N–H and O–H groups in total. The van der Waals surface area contributed by atoms with Gasteiger partial charge in [-0.25, -0.2) is 0 Å². The number of carbonyl (C=O) groups excluding carboxylic acids is 1. The first-order valence-corrected chi connectivity index (χ1v) is 8.74. The molecular weight excluding hydrogens is 298 g/mol. The van der Waals surface area contributed by atoms with Gasteiger partial charge in [0.1, 0.15) is 0 Å². The van der Waals surface area contributed by atoms with Gasteiger partial charge in [-0.05, 0) is 68.9 Å². The minimum Gasteiger partial charge on any atom is -0.393 e. The smallest absolute Gasteiger partial charge is 0.258 e. The molecule has 3 rings (SSSR count). The Hall–Kier alpha value is -2.13. The van der Waals surface area contributed by atoms with Crippen molar-refractivity contribution in [3.8, 4) is 0 Å². The Labute approximate surface area is 143 Å². The van der Waals surface area contributed by atoms with Crippen molar-refractivity contribution < 1.29 is 9.90 Å². The van der Waals surface area contributed by atoms with Gasteiger partial charge in [0.05, 0.1) is 6.10 Å². The normalized spacial score (nSPS) is 18.1. The number of hydrogen-bond donors (Lipinski definition) is 1. The maximum atomic E-state index is 13.0. The van der Waals surface area contributed by atoms with Gasteiger partial charge in [-0.15, -0.1) is 0 Å². The molecule has 0 bridgehead atoms. The largest absolute Gasteiger partial charge is 0.393 e. The van der Waals surface area contributed by atoms with Crippen molar-refractivity contribution in [1.29, 1.82) is 0 Å². The highest BCUT2D eigenvalue weighted by molar-refractivity contribution is 6.07. The van der Waals surface area contributed by atoms with Crippen molar-refractivity contribution in [2.75, 3.05) is 4.90 Å². The molecule has 1 aliphatic rings. The molecular formula is C21H25NO2. The fourth-order valence-electron chi connectivity index (χ4n) is 3.34. The van der Waals surface area contributed by atoms with Crippen LogP contribution in [0.1, 0.15) is 48.2 Å². The van der Waals surface area contributed by atoms with Crippen molar-refractivity contribution in [1.82, 2.24) is 0 Å². The lowest BCUT2D eigenvalue weighted by Gasteiger charge is -2.36. The van der Waals surface area contributed by atoms with Crippen LogP contribution in [-0.2, 0) is 12.8 Å². The molecule has 1 amide bonds. The van der Waals surface area contributed by atoms with Crippen LogP contribution in [0.15, 0.2) is 48.5 Å². The van der Waals surface area contributed by atoms with Crippen LogP contribution in [0.4, 0.5) is 5.69 Å². The summed E-state index contributed by atoms with van der Waals surface area (Å²) in [6, 6.07) is 16.1. The summed E-state index contributed by atoms with van der Waals surface area (Å²) in [4.78, 5) is 15.0. The fraction of sp³-hybridized carbons (Fsp3) is 0.381. The second kappa shape index (κ2) is 7.18. The van der Waals surface area contributed by atoms with Gasteiger partial charge in [-0.3, -0.25) is 4.79 Å². The molecule has 2 aromatic rings. The Morgan fingerprint density at radius 2 is 2.00 bits per heavy atom. The lowest BCUT2D eigenvalue weighted by Crippen LogP contribution is -2.42. The average Bonchev–Trinajstić information content (AvgIpc) is 2.60. The van der Waals surface area contributed by atoms with Crippen molar-refractivity contribution in [2.45, 2.75) is 51.7 Å². The van der Waals surface area contributed by atoms with Gasteiger partial charge in [0, 0.05) is 17.3 Å². The van der Waals surface area contributed by atoms with E-state index in [2.05, 4.69) is 25.1 Å². The Morgan fingerprint density at radius 3 is 2.71 bits per heavy atom. The van der Waals surface area contributed by atoms with Crippen LogP contribution in [0.5, 0.6) is 0 Å². The molecule has 0 radical (unpaired) electrons. The van der Waals surface area contributed by atoms with Crippen LogP contribution in [0, 0.1) is 0 Å². The van der Waals surface area contributed by atoms with Crippen molar-refractivity contribution >= 4 is 11.6 Å². The van der Waals surface area contributed by atoms with Crippen LogP contribution >= 0.6 is 0 Å². The third kappa shape index (κ3) is 3.51. The van der Waals surface area contributed by atoms with Crippen molar-refractivity contribution in [3.63, 3.8) is 0 Å². The van der Waals surface area contributed by atoms with Gasteiger partial charge in [0.15, 0.2) is 0 Å². The quantitative estimate of drug-likeness (QED) is 0.924. The van der Waals surface area contributed by atoms with Crippen LogP contribution in [-0.4, -0.2) is 23.2 Å². The van der Waals surface area contributed by atoms with Gasteiger partial charge < -0.3 is 10.0 Å². The maximum Gasteiger partial charge on any atom is 0.258 e. The summed E-state index contributed by atoms with van der Waals surface area (Å²) < 4.78 is 0. The van der Waals surface area contributed by atoms with E-state index in [0.29, 0.717) is 0 Å². The highest BCUT2D eigenvalue weighted by atomic mass is 16.3. The molecule has 1 aliphatic heterocycles. The van der Waals surface area contributed by atoms with E-state index in [1.807, 2.05) is 42.2 Å². The summed E-state index contributed by atoms with van der Waals surface area (Å²) in [5, 5.41) is 9.52. The van der Waals surface area contributed by atoms with Gasteiger partial charge in [-0.2, -0.15) is 0 Å². The zero-order valence-corrected chi connectivity index (χ0v) is 14.4. The lowest BCUT2D eigenvalue weighted by atomic mass is 9.93. The molecule has 24 heavy (non-hydrogen) atoms. The number of aliphatic hydroxyl groups is 1. The lowest BCUT2D eigenvalue weighted by molar-refractivity contribution is 0.0975. The number of benzene rings is 2. The molecule has 0 saturated heterocycles. The van der Waals surface area contributed by atoms with Crippen LogP contribution in [0.2, 0.25) is 0 Å². The summed E-state index contributed by atoms with van der Waals surface area (Å²) in [6.07, 6.45) is 3.25. The fourth-order valence-corrected chi connectivity index (χ4v) is 3.34. The summed E-state index contributed by atoms with van der Waals surface area (Å²) in [5.41, 5.74) is 4.17. The Morgan fingerprint density at radius 1 is 1.25 bits per heavy atom. The Kier molecular flexibility index (Phi) is 5.00. The zero-order chi connectivity index (χ0) is 17.1. The summed E-state index contributed by atoms with van der Waals surface area (Å²) in [6.45, 7) is 3.93. The summed E-state index contributed by atoms with van der Waals surface area (Å²) in [7, 11) is 0. The summed E-state index contributed by atoms with van der Waals surface area (Å²) in [5.74, 6) is 0.0664.